The average Bonchev–Trinajstić information content (AvgIpc) is 2.68. The molecule has 3 rings (SSSR count). The van der Waals surface area contributed by atoms with E-state index in [-0.39, 0.29) is 0 Å². The zero-order chi connectivity index (χ0) is 18.2. The zero-order valence-electron chi connectivity index (χ0n) is 15.8. The van der Waals surface area contributed by atoms with Gasteiger partial charge in [-0.25, -0.2) is 4.98 Å². The number of aromatic nitrogens is 2. The van der Waals surface area contributed by atoms with E-state index in [1.54, 1.807) is 0 Å². The Morgan fingerprint density at radius 2 is 1.92 bits per heavy atom. The van der Waals surface area contributed by atoms with Crippen LogP contribution in [0, 0.1) is 0 Å². The van der Waals surface area contributed by atoms with E-state index in [1.807, 2.05) is 18.3 Å². The standard InChI is InChI=1S/C20H29N5O/c1-17(2)25(16-18-6-4-3-5-7-18)19-8-9-21-20(23-19)22-10-11-24-12-14-26-15-13-24/h3-9,17H,10-16H2,1-2H3,(H,21,22,23). The first kappa shape index (κ1) is 18.6. The Morgan fingerprint density at radius 3 is 2.65 bits per heavy atom. The summed E-state index contributed by atoms with van der Waals surface area (Å²) in [6.45, 7) is 10.7. The third-order valence-corrected chi connectivity index (χ3v) is 4.57. The van der Waals surface area contributed by atoms with E-state index < -0.39 is 0 Å². The summed E-state index contributed by atoms with van der Waals surface area (Å²) in [4.78, 5) is 13.8. The molecule has 1 aliphatic rings. The Labute approximate surface area is 156 Å². The lowest BCUT2D eigenvalue weighted by Gasteiger charge is -2.28. The maximum Gasteiger partial charge on any atom is 0.224 e. The second kappa shape index (κ2) is 9.50. The van der Waals surface area contributed by atoms with Gasteiger partial charge in [-0.1, -0.05) is 30.3 Å². The van der Waals surface area contributed by atoms with Gasteiger partial charge in [-0.2, -0.15) is 4.98 Å². The van der Waals surface area contributed by atoms with E-state index in [2.05, 4.69) is 58.2 Å². The van der Waals surface area contributed by atoms with Gasteiger partial charge < -0.3 is 15.0 Å². The number of hydrogen-bond acceptors (Lipinski definition) is 6. The molecule has 0 bridgehead atoms. The topological polar surface area (TPSA) is 53.5 Å². The van der Waals surface area contributed by atoms with Crippen LogP contribution in [0.2, 0.25) is 0 Å². The van der Waals surface area contributed by atoms with Gasteiger partial charge in [0.25, 0.3) is 0 Å². The number of anilines is 2. The van der Waals surface area contributed by atoms with E-state index in [4.69, 9.17) is 9.72 Å². The van der Waals surface area contributed by atoms with E-state index in [0.29, 0.717) is 12.0 Å². The number of hydrogen-bond donors (Lipinski definition) is 1. The summed E-state index contributed by atoms with van der Waals surface area (Å²) in [7, 11) is 0. The molecule has 6 nitrogen and oxygen atoms in total. The molecular formula is C20H29N5O. The fourth-order valence-electron chi connectivity index (χ4n) is 3.05. The molecule has 0 spiro atoms. The Bertz CT molecular complexity index is 658. The molecule has 1 N–H and O–H groups in total. The van der Waals surface area contributed by atoms with E-state index in [1.165, 1.54) is 5.56 Å². The predicted octanol–water partition coefficient (Wildman–Crippen LogP) is 2.64. The molecule has 0 amide bonds. The van der Waals surface area contributed by atoms with Crippen LogP contribution in [0.3, 0.4) is 0 Å². The molecule has 0 saturated carbocycles. The maximum absolute atomic E-state index is 5.39. The van der Waals surface area contributed by atoms with Crippen LogP contribution in [0.4, 0.5) is 11.8 Å². The van der Waals surface area contributed by atoms with Crippen molar-refractivity contribution in [3.8, 4) is 0 Å². The largest absolute Gasteiger partial charge is 0.379 e. The van der Waals surface area contributed by atoms with E-state index in [0.717, 1.165) is 51.8 Å². The smallest absolute Gasteiger partial charge is 0.224 e. The minimum atomic E-state index is 0.353. The lowest BCUT2D eigenvalue weighted by molar-refractivity contribution is 0.0398. The van der Waals surface area contributed by atoms with Crippen molar-refractivity contribution in [2.75, 3.05) is 49.6 Å². The van der Waals surface area contributed by atoms with E-state index in [9.17, 15) is 0 Å². The first-order valence-electron chi connectivity index (χ1n) is 9.40. The molecule has 0 radical (unpaired) electrons. The lowest BCUT2D eigenvalue weighted by atomic mass is 10.2. The summed E-state index contributed by atoms with van der Waals surface area (Å²) in [5.74, 6) is 1.64. The van der Waals surface area contributed by atoms with Gasteiger partial charge in [-0.3, -0.25) is 4.90 Å². The third-order valence-electron chi connectivity index (χ3n) is 4.57. The van der Waals surface area contributed by atoms with Gasteiger partial charge in [0.2, 0.25) is 5.95 Å². The Morgan fingerprint density at radius 1 is 1.15 bits per heavy atom. The van der Waals surface area contributed by atoms with Gasteiger partial charge >= 0.3 is 0 Å². The minimum Gasteiger partial charge on any atom is -0.379 e. The molecule has 140 valence electrons. The van der Waals surface area contributed by atoms with Crippen LogP contribution in [0.1, 0.15) is 19.4 Å². The van der Waals surface area contributed by atoms with Crippen molar-refractivity contribution < 1.29 is 4.74 Å². The summed E-state index contributed by atoms with van der Waals surface area (Å²) in [5, 5.41) is 3.36. The van der Waals surface area contributed by atoms with Crippen LogP contribution in [-0.4, -0.2) is 60.3 Å². The highest BCUT2D eigenvalue weighted by molar-refractivity contribution is 5.44. The Balaban J connectivity index is 1.60. The van der Waals surface area contributed by atoms with Crippen molar-refractivity contribution in [3.05, 3.63) is 48.2 Å². The van der Waals surface area contributed by atoms with Gasteiger partial charge in [0.15, 0.2) is 0 Å². The van der Waals surface area contributed by atoms with Crippen LogP contribution >= 0.6 is 0 Å². The molecule has 0 unspecified atom stereocenters. The monoisotopic (exact) mass is 355 g/mol. The normalized spacial score (nSPS) is 15.2. The van der Waals surface area contributed by atoms with Crippen molar-refractivity contribution in [1.29, 1.82) is 0 Å². The second-order valence-corrected chi connectivity index (χ2v) is 6.83. The number of nitrogens with one attached hydrogen (secondary N) is 1. The molecule has 1 aromatic carbocycles. The van der Waals surface area contributed by atoms with Gasteiger partial charge in [0.05, 0.1) is 13.2 Å². The quantitative estimate of drug-likeness (QED) is 0.786. The summed E-state index contributed by atoms with van der Waals surface area (Å²) >= 11 is 0. The number of nitrogens with zero attached hydrogens (tertiary/aromatic N) is 4. The zero-order valence-corrected chi connectivity index (χ0v) is 15.8. The van der Waals surface area contributed by atoms with Crippen molar-refractivity contribution in [2.24, 2.45) is 0 Å². The van der Waals surface area contributed by atoms with Gasteiger partial charge in [0, 0.05) is 45.0 Å². The molecule has 0 atom stereocenters. The molecular weight excluding hydrogens is 326 g/mol. The van der Waals surface area contributed by atoms with Crippen LogP contribution in [0.5, 0.6) is 0 Å². The van der Waals surface area contributed by atoms with Crippen molar-refractivity contribution in [1.82, 2.24) is 14.9 Å². The summed E-state index contributed by atoms with van der Waals surface area (Å²) in [6, 6.07) is 12.8. The molecule has 6 heteroatoms. The van der Waals surface area contributed by atoms with Crippen LogP contribution in [0.15, 0.2) is 42.6 Å². The highest BCUT2D eigenvalue weighted by atomic mass is 16.5. The van der Waals surface area contributed by atoms with Crippen LogP contribution in [0.25, 0.3) is 0 Å². The number of ether oxygens (including phenoxy) is 1. The van der Waals surface area contributed by atoms with Gasteiger partial charge in [0.1, 0.15) is 5.82 Å². The summed E-state index contributed by atoms with van der Waals surface area (Å²) in [6.07, 6.45) is 1.83. The molecule has 2 heterocycles. The maximum atomic E-state index is 5.39. The predicted molar refractivity (Wildman–Crippen MR) is 106 cm³/mol. The third kappa shape index (κ3) is 5.41. The Kier molecular flexibility index (Phi) is 6.80. The molecule has 26 heavy (non-hydrogen) atoms. The number of benzene rings is 1. The SMILES string of the molecule is CC(C)N(Cc1ccccc1)c1ccnc(NCCN2CCOCC2)n1. The Hall–Kier alpha value is -2.18. The minimum absolute atomic E-state index is 0.353. The molecule has 2 aromatic rings. The molecule has 1 saturated heterocycles. The van der Waals surface area contributed by atoms with Crippen molar-refractivity contribution in [2.45, 2.75) is 26.4 Å². The molecule has 1 aromatic heterocycles. The van der Waals surface area contributed by atoms with Crippen LogP contribution in [-0.2, 0) is 11.3 Å². The average molecular weight is 355 g/mol. The van der Waals surface area contributed by atoms with Gasteiger partial charge in [-0.05, 0) is 25.5 Å². The first-order valence-corrected chi connectivity index (χ1v) is 9.40. The first-order chi connectivity index (χ1) is 12.7. The van der Waals surface area contributed by atoms with E-state index >= 15 is 0 Å². The number of morpholine rings is 1. The highest BCUT2D eigenvalue weighted by Crippen LogP contribution is 2.18. The molecule has 1 fully saturated rings. The lowest BCUT2D eigenvalue weighted by Crippen LogP contribution is -2.39. The van der Waals surface area contributed by atoms with Crippen molar-refractivity contribution >= 4 is 11.8 Å². The second-order valence-electron chi connectivity index (χ2n) is 6.83. The summed E-state index contributed by atoms with van der Waals surface area (Å²) < 4.78 is 5.39. The fraction of sp³-hybridized carbons (Fsp3) is 0.500. The number of rotatable bonds is 8. The molecule has 1 aliphatic heterocycles. The van der Waals surface area contributed by atoms with Crippen molar-refractivity contribution in [3.63, 3.8) is 0 Å². The fourth-order valence-corrected chi connectivity index (χ4v) is 3.05. The molecule has 0 aliphatic carbocycles. The van der Waals surface area contributed by atoms with Crippen LogP contribution < -0.4 is 10.2 Å². The summed E-state index contributed by atoms with van der Waals surface area (Å²) in [5.41, 5.74) is 1.28. The highest BCUT2D eigenvalue weighted by Gasteiger charge is 2.14. The van der Waals surface area contributed by atoms with Gasteiger partial charge in [-0.15, -0.1) is 0 Å².